The Morgan fingerprint density at radius 1 is 0.821 bits per heavy atom. The van der Waals surface area contributed by atoms with Crippen molar-refractivity contribution >= 4 is 44.2 Å². The van der Waals surface area contributed by atoms with Gasteiger partial charge in [0, 0.05) is 16.3 Å². The van der Waals surface area contributed by atoms with Gasteiger partial charge in [0.2, 0.25) is 5.52 Å². The summed E-state index contributed by atoms with van der Waals surface area (Å²) in [6.07, 6.45) is 1.90. The number of imidazole rings is 1. The molecule has 0 unspecified atom stereocenters. The number of benzene rings is 4. The first-order chi connectivity index (χ1) is 13.7. The van der Waals surface area contributed by atoms with E-state index in [4.69, 9.17) is 0 Å². The van der Waals surface area contributed by atoms with Gasteiger partial charge in [-0.1, -0.05) is 66.7 Å². The number of hydrogen-bond acceptors (Lipinski definition) is 2. The lowest BCUT2D eigenvalue weighted by Crippen LogP contribution is -2.30. The van der Waals surface area contributed by atoms with Crippen molar-refractivity contribution in [2.45, 2.75) is 6.92 Å². The monoisotopic (exact) mass is 366 g/mol. The average Bonchev–Trinajstić information content (AvgIpc) is 3.00. The van der Waals surface area contributed by atoms with E-state index in [1.165, 1.54) is 0 Å². The Balaban J connectivity index is 1.93. The maximum Gasteiger partial charge on any atom is 0.328 e. The van der Waals surface area contributed by atoms with Gasteiger partial charge in [-0.25, -0.2) is 4.73 Å². The Morgan fingerprint density at radius 3 is 2.04 bits per heavy atom. The van der Waals surface area contributed by atoms with Crippen LogP contribution in [0.3, 0.4) is 0 Å². The molecule has 0 radical (unpaired) electrons. The standard InChI is InChI=1S/C24H18N2O2/c1-16(15-17-9-3-2-4-10-17)24-25(27)22-20-13-7-5-11-18(20)19-12-6-8-14-21(19)23(22)26(24)28/h2-15,27H,1H3. The third-order valence-electron chi connectivity index (χ3n) is 5.22. The predicted molar refractivity (Wildman–Crippen MR) is 113 cm³/mol. The molecule has 28 heavy (non-hydrogen) atoms. The van der Waals surface area contributed by atoms with Crippen molar-refractivity contribution in [3.05, 3.63) is 95.5 Å². The first kappa shape index (κ1) is 16.4. The van der Waals surface area contributed by atoms with Crippen molar-refractivity contribution in [3.8, 4) is 0 Å². The first-order valence-electron chi connectivity index (χ1n) is 9.17. The lowest BCUT2D eigenvalue weighted by molar-refractivity contribution is -0.581. The fourth-order valence-electron chi connectivity index (χ4n) is 4.01. The number of allylic oxidation sites excluding steroid dienone is 1. The van der Waals surface area contributed by atoms with Gasteiger partial charge in [-0.3, -0.25) is 0 Å². The Morgan fingerprint density at radius 2 is 1.36 bits per heavy atom. The summed E-state index contributed by atoms with van der Waals surface area (Å²) in [5.74, 6) is 0.223. The molecule has 1 heterocycles. The largest absolute Gasteiger partial charge is 0.710 e. The highest BCUT2D eigenvalue weighted by Crippen LogP contribution is 2.34. The lowest BCUT2D eigenvalue weighted by atomic mass is 10.00. The third kappa shape index (κ3) is 2.28. The molecule has 0 aliphatic rings. The van der Waals surface area contributed by atoms with Crippen molar-refractivity contribution in [3.63, 3.8) is 0 Å². The molecule has 0 bridgehead atoms. The second kappa shape index (κ2) is 6.13. The Hall–Kier alpha value is -3.79. The van der Waals surface area contributed by atoms with Gasteiger partial charge in [0.05, 0.1) is 0 Å². The van der Waals surface area contributed by atoms with Gasteiger partial charge in [-0.2, -0.15) is 0 Å². The number of hydrogen-bond donors (Lipinski definition) is 1. The fourth-order valence-corrected chi connectivity index (χ4v) is 4.01. The SMILES string of the molecule is CC(=Cc1ccccc1)c1n(O)c2c3ccccc3c3ccccc3c2[n+]1[O-]. The van der Waals surface area contributed by atoms with E-state index in [2.05, 4.69) is 0 Å². The number of nitrogens with zero attached hydrogens (tertiary/aromatic N) is 2. The molecule has 5 rings (SSSR count). The normalized spacial score (nSPS) is 12.2. The minimum Gasteiger partial charge on any atom is -0.710 e. The molecular weight excluding hydrogens is 348 g/mol. The topological polar surface area (TPSA) is 52.1 Å². The summed E-state index contributed by atoms with van der Waals surface area (Å²) in [6, 6.07) is 25.4. The van der Waals surface area contributed by atoms with Crippen LogP contribution in [0, 0.1) is 5.21 Å². The van der Waals surface area contributed by atoms with E-state index < -0.39 is 0 Å². The summed E-state index contributed by atoms with van der Waals surface area (Å²) in [6.45, 7) is 1.84. The van der Waals surface area contributed by atoms with Crippen LogP contribution in [-0.4, -0.2) is 9.94 Å². The van der Waals surface area contributed by atoms with E-state index >= 15 is 0 Å². The molecule has 0 amide bonds. The summed E-state index contributed by atoms with van der Waals surface area (Å²) in [4.78, 5) is 0. The van der Waals surface area contributed by atoms with Crippen molar-refractivity contribution in [2.75, 3.05) is 0 Å². The molecule has 0 spiro atoms. The smallest absolute Gasteiger partial charge is 0.328 e. The summed E-state index contributed by atoms with van der Waals surface area (Å²) in [7, 11) is 0. The van der Waals surface area contributed by atoms with Gasteiger partial charge in [-0.15, -0.1) is 0 Å². The maximum atomic E-state index is 13.3. The van der Waals surface area contributed by atoms with Gasteiger partial charge in [0.1, 0.15) is 0 Å². The summed E-state index contributed by atoms with van der Waals surface area (Å²) in [5, 5.41) is 28.0. The van der Waals surface area contributed by atoms with Crippen LogP contribution in [0.5, 0.6) is 0 Å². The molecule has 1 aromatic heterocycles. The zero-order valence-electron chi connectivity index (χ0n) is 15.3. The van der Waals surface area contributed by atoms with E-state index in [-0.39, 0.29) is 5.82 Å². The van der Waals surface area contributed by atoms with Crippen LogP contribution in [0.15, 0.2) is 78.9 Å². The fraction of sp³-hybridized carbons (Fsp3) is 0.0417. The zero-order chi connectivity index (χ0) is 19.3. The van der Waals surface area contributed by atoms with Crippen LogP contribution in [0.2, 0.25) is 0 Å². The molecule has 0 aliphatic heterocycles. The van der Waals surface area contributed by atoms with Gasteiger partial charge in [0.15, 0.2) is 5.52 Å². The Bertz CT molecular complexity index is 1300. The van der Waals surface area contributed by atoms with Gasteiger partial charge >= 0.3 is 5.82 Å². The molecule has 0 atom stereocenters. The van der Waals surface area contributed by atoms with Gasteiger partial charge in [0.25, 0.3) is 0 Å². The van der Waals surface area contributed by atoms with E-state index in [9.17, 15) is 10.4 Å². The highest BCUT2D eigenvalue weighted by molar-refractivity contribution is 6.22. The second-order valence-corrected chi connectivity index (χ2v) is 6.96. The molecule has 5 aromatic rings. The molecule has 0 saturated carbocycles. The molecule has 4 aromatic carbocycles. The van der Waals surface area contributed by atoms with Gasteiger partial charge < -0.3 is 10.4 Å². The Kier molecular flexibility index (Phi) is 3.59. The predicted octanol–water partition coefficient (Wildman–Crippen LogP) is 5.38. The summed E-state index contributed by atoms with van der Waals surface area (Å²) >= 11 is 0. The molecule has 4 nitrogen and oxygen atoms in total. The number of fused-ring (bicyclic) bond motifs is 6. The third-order valence-corrected chi connectivity index (χ3v) is 5.22. The highest BCUT2D eigenvalue weighted by atomic mass is 16.5. The molecule has 0 saturated heterocycles. The van der Waals surface area contributed by atoms with Crippen molar-refractivity contribution in [2.24, 2.45) is 0 Å². The zero-order valence-corrected chi connectivity index (χ0v) is 15.3. The second-order valence-electron chi connectivity index (χ2n) is 6.96. The molecule has 136 valence electrons. The number of rotatable bonds is 2. The molecule has 1 N–H and O–H groups in total. The quantitative estimate of drug-likeness (QED) is 0.197. The van der Waals surface area contributed by atoms with Crippen LogP contribution in [-0.2, 0) is 0 Å². The molecular formula is C24H18N2O2. The summed E-state index contributed by atoms with van der Waals surface area (Å²) < 4.78 is 1.88. The van der Waals surface area contributed by atoms with Gasteiger partial charge in [-0.05, 0) is 46.2 Å². The number of aromatic nitrogens is 2. The molecule has 0 aliphatic carbocycles. The van der Waals surface area contributed by atoms with Crippen LogP contribution in [0.4, 0.5) is 0 Å². The van der Waals surface area contributed by atoms with E-state index in [0.717, 1.165) is 36.6 Å². The van der Waals surface area contributed by atoms with E-state index in [0.29, 0.717) is 16.6 Å². The van der Waals surface area contributed by atoms with Crippen LogP contribution in [0.25, 0.3) is 44.2 Å². The summed E-state index contributed by atoms with van der Waals surface area (Å²) in [5.41, 5.74) is 2.67. The van der Waals surface area contributed by atoms with Crippen molar-refractivity contribution in [1.29, 1.82) is 0 Å². The molecule has 4 heteroatoms. The van der Waals surface area contributed by atoms with E-state index in [1.54, 1.807) is 0 Å². The minimum absolute atomic E-state index is 0.223. The highest BCUT2D eigenvalue weighted by Gasteiger charge is 2.27. The van der Waals surface area contributed by atoms with Crippen LogP contribution >= 0.6 is 0 Å². The minimum atomic E-state index is 0.223. The lowest BCUT2D eigenvalue weighted by Gasteiger charge is -2.06. The van der Waals surface area contributed by atoms with Crippen molar-refractivity contribution in [1.82, 2.24) is 4.73 Å². The Labute approximate surface area is 161 Å². The van der Waals surface area contributed by atoms with Crippen LogP contribution < -0.4 is 4.73 Å². The molecule has 0 fully saturated rings. The average molecular weight is 366 g/mol. The van der Waals surface area contributed by atoms with Crippen molar-refractivity contribution < 1.29 is 9.94 Å². The van der Waals surface area contributed by atoms with E-state index in [1.807, 2.05) is 91.9 Å². The first-order valence-corrected chi connectivity index (χ1v) is 9.17. The van der Waals surface area contributed by atoms with Crippen LogP contribution in [0.1, 0.15) is 18.3 Å². The maximum absolute atomic E-state index is 13.3.